The number of nitrogens with zero attached hydrogens (tertiary/aromatic N) is 7. The highest BCUT2D eigenvalue weighted by Gasteiger charge is 2.42. The highest BCUT2D eigenvalue weighted by atomic mass is 33.1. The number of oxime groups is 1. The number of carboxylic acid groups (broad SMARTS) is 5. The summed E-state index contributed by atoms with van der Waals surface area (Å²) >= 11 is 0. The van der Waals surface area contributed by atoms with Crippen molar-refractivity contribution in [2.45, 2.75) is 151 Å². The molecule has 0 radical (unpaired) electrons. The predicted molar refractivity (Wildman–Crippen MR) is 458 cm³/mol. The monoisotopic (exact) mass is 1810 g/mol. The van der Waals surface area contributed by atoms with E-state index < -0.39 is 174 Å². The van der Waals surface area contributed by atoms with Gasteiger partial charge in [-0.25, -0.2) is 24.4 Å². The minimum absolute atomic E-state index is 0.0238. The molecule has 20 N–H and O–H groups in total. The highest BCUT2D eigenvalue weighted by Crippen LogP contribution is 2.41. The second kappa shape index (κ2) is 46.4. The van der Waals surface area contributed by atoms with Gasteiger partial charge in [-0.15, -0.1) is 0 Å². The molecular formula is C79H98N20O26S2. The number of nitrogens with one attached hydrogen (secondary N) is 11. The van der Waals surface area contributed by atoms with E-state index in [1.165, 1.54) is 88.9 Å². The zero-order valence-electron chi connectivity index (χ0n) is 69.4. The van der Waals surface area contributed by atoms with E-state index in [2.05, 4.69) is 85.8 Å². The van der Waals surface area contributed by atoms with Crippen molar-refractivity contribution >= 4 is 157 Å². The smallest absolute Gasteiger partial charge is 0.411 e. The maximum absolute atomic E-state index is 14.5. The second-order valence-electron chi connectivity index (χ2n) is 29.4. The lowest BCUT2D eigenvalue weighted by atomic mass is 10.0. The first-order chi connectivity index (χ1) is 60.3. The van der Waals surface area contributed by atoms with Crippen LogP contribution < -0.4 is 83.8 Å². The van der Waals surface area contributed by atoms with Gasteiger partial charge in [0.25, 0.3) is 23.3 Å². The third kappa shape index (κ3) is 28.9. The van der Waals surface area contributed by atoms with Gasteiger partial charge in [0.1, 0.15) is 50.0 Å². The number of guanidine groups is 1. The number of aliphatic carboxylic acids is 5. The van der Waals surface area contributed by atoms with Crippen molar-refractivity contribution in [1.29, 1.82) is 5.41 Å². The summed E-state index contributed by atoms with van der Waals surface area (Å²) in [6, 6.07) is -1.09. The number of aromatic amines is 1. The number of unbranched alkanes of at least 4 members (excludes halogenated alkanes) is 2. The number of hydrogen-bond acceptors (Lipinski definition) is 31. The number of likely N-dealkylation sites (tertiary alicyclic amines) is 1. The Hall–Kier alpha value is -14.4. The van der Waals surface area contributed by atoms with Gasteiger partial charge in [-0.2, -0.15) is 4.98 Å². The summed E-state index contributed by atoms with van der Waals surface area (Å²) in [6.45, 7) is 11.3. The molecule has 0 bridgehead atoms. The number of amides is 9. The summed E-state index contributed by atoms with van der Waals surface area (Å²) in [4.78, 5) is 226. The van der Waals surface area contributed by atoms with Gasteiger partial charge < -0.3 is 118 Å². The molecule has 5 heterocycles. The molecule has 682 valence electrons. The number of methoxy groups -OCH3 is 2. The van der Waals surface area contributed by atoms with Crippen LogP contribution in [0.4, 0.5) is 27.8 Å². The third-order valence-electron chi connectivity index (χ3n) is 19.4. The first kappa shape index (κ1) is 98.1. The van der Waals surface area contributed by atoms with Crippen LogP contribution in [0.1, 0.15) is 128 Å². The van der Waals surface area contributed by atoms with Gasteiger partial charge >= 0.3 is 35.9 Å². The lowest BCUT2D eigenvalue weighted by molar-refractivity contribution is -0.145. The highest BCUT2D eigenvalue weighted by molar-refractivity contribution is 8.77. The van der Waals surface area contributed by atoms with Gasteiger partial charge in [0.2, 0.25) is 35.5 Å². The fraction of sp³-hybridized carbons (Fsp3) is 0.430. The zero-order valence-corrected chi connectivity index (χ0v) is 71.1. The van der Waals surface area contributed by atoms with Crippen LogP contribution in [0.3, 0.4) is 0 Å². The van der Waals surface area contributed by atoms with Crippen LogP contribution in [0.25, 0.3) is 11.2 Å². The molecule has 0 aliphatic carbocycles. The molecule has 8 rings (SSSR count). The lowest BCUT2D eigenvalue weighted by Crippen LogP contribution is -2.60. The van der Waals surface area contributed by atoms with Crippen LogP contribution in [-0.4, -0.2) is 276 Å². The second-order valence-corrected chi connectivity index (χ2v) is 32.5. The Balaban J connectivity index is 0.849. The van der Waals surface area contributed by atoms with Crippen molar-refractivity contribution in [3.05, 3.63) is 112 Å². The minimum Gasteiger partial charge on any atom is -0.493 e. The number of benzene rings is 3. The molecule has 9 amide bonds. The van der Waals surface area contributed by atoms with Crippen molar-refractivity contribution < 1.29 is 121 Å². The normalized spacial score (nSPS) is 15.4. The lowest BCUT2D eigenvalue weighted by Gasteiger charge is -2.32. The van der Waals surface area contributed by atoms with E-state index in [1.807, 2.05) is 5.32 Å². The number of anilines is 3. The van der Waals surface area contributed by atoms with E-state index in [0.29, 0.717) is 78.4 Å². The van der Waals surface area contributed by atoms with Gasteiger partial charge in [0.15, 0.2) is 40.1 Å². The number of ether oxygens (including phenoxy) is 5. The molecule has 0 unspecified atom stereocenters. The maximum Gasteiger partial charge on any atom is 0.411 e. The predicted octanol–water partition coefficient (Wildman–Crippen LogP) is 2.01. The Labute approximate surface area is 731 Å². The maximum atomic E-state index is 14.5. The Morgan fingerprint density at radius 2 is 1.31 bits per heavy atom. The van der Waals surface area contributed by atoms with Crippen LogP contribution in [0.5, 0.6) is 23.0 Å². The number of carbonyl (C=O) groups is 14. The molecule has 127 heavy (non-hydrogen) atoms. The number of rotatable bonds is 49. The Bertz CT molecular complexity index is 5130. The van der Waals surface area contributed by atoms with Crippen LogP contribution in [-0.2, 0) is 64.1 Å². The molecule has 48 heteroatoms. The molecule has 2 fully saturated rings. The first-order valence-electron chi connectivity index (χ1n) is 39.2. The molecule has 2 aromatic heterocycles. The van der Waals surface area contributed by atoms with Gasteiger partial charge in [0.05, 0.1) is 111 Å². The fourth-order valence-electron chi connectivity index (χ4n) is 13.1. The zero-order chi connectivity index (χ0) is 92.9. The van der Waals surface area contributed by atoms with Crippen molar-refractivity contribution in [3.63, 3.8) is 0 Å². The Morgan fingerprint density at radius 3 is 1.93 bits per heavy atom. The first-order valence-corrected chi connectivity index (χ1v) is 41.5. The Morgan fingerprint density at radius 1 is 0.709 bits per heavy atom. The van der Waals surface area contributed by atoms with E-state index in [9.17, 15) is 97.5 Å². The molecule has 46 nitrogen and oxygen atoms in total. The average Bonchev–Trinajstić information content (AvgIpc) is 1.67. The number of hydrogen-bond donors (Lipinski definition) is 18. The molecular weight excluding hydrogens is 1710 g/mol. The third-order valence-corrected chi connectivity index (χ3v) is 22.6. The largest absolute Gasteiger partial charge is 0.493 e. The summed E-state index contributed by atoms with van der Waals surface area (Å²) in [5.74, 6) is -16.7. The number of aromatic nitrogens is 4. The van der Waals surface area contributed by atoms with Crippen LogP contribution in [0.2, 0.25) is 0 Å². The molecule has 0 spiro atoms. The number of fused-ring (bicyclic) bond motifs is 3. The topological polar surface area (TPSA) is 682 Å². The number of nitrogens with two attached hydrogens (primary N) is 2. The molecule has 5 aromatic rings. The van der Waals surface area contributed by atoms with E-state index >= 15 is 0 Å². The number of carbonyl (C=O) groups excluding carboxylic acids is 9. The standard InChI is InChI=1S/C79H98N20O26S2/c1-39-24-44-35-85-50-28-57(55(120-5)26-46(50)72(113)98(44)37-39)123-20-9-8-10-21-124-58-29-51(47(27-56(58)121-6)73(114)99-38-40(2)25-45(99)36-87-122-7)94-78(119)125-22-23-126-127-79(3,4)64(75(117)118)95-70(111)54(32-62(105)106)93-69(110)53(31-61(103)104)92-67(108)48(12-11-19-83-76(80)81)90-68(109)52(30-60(101)102)89-59(100)18-17-49(74(115)116)91-66(107)41-13-15-42(16-14-41)84-33-43-34-86-65-63(88-43)71(112)97-77(82)96-65/h13-16,26-29,34-36,44-45,48-49,52-54,64,84H,1-2,8-12,17-25,30-33,37-38H2,3-7H3,(H,89,100)(H,90,109)(H,91,107)(H,92,108)(H,93,110)(H,94,119)(H,95,111)(H,101,102)(H,103,104)(H,105,106)(H,115,116)(H,117,118)(H4,80,81,83)(H3,82,86,96,97,112)/b87-36+/t44-,45-,48-,49-,52-,53-,54-,64+/m0/s1. The number of aliphatic imine (C=N–C) groups is 1. The number of nitrogen functional groups attached to an aromatic ring is 1. The van der Waals surface area contributed by atoms with Gasteiger partial charge in [-0.05, 0) is 102 Å². The van der Waals surface area contributed by atoms with Gasteiger partial charge in [0, 0.05) is 61.4 Å². The molecule has 2 saturated heterocycles. The van der Waals surface area contributed by atoms with Crippen molar-refractivity contribution in [3.8, 4) is 23.0 Å². The van der Waals surface area contributed by atoms with Crippen LogP contribution in [0.15, 0.2) is 94.0 Å². The van der Waals surface area contributed by atoms with E-state index in [4.69, 9.17) is 45.4 Å². The molecule has 8 atom stereocenters. The van der Waals surface area contributed by atoms with Crippen LogP contribution in [0, 0.1) is 5.41 Å². The van der Waals surface area contributed by atoms with Crippen molar-refractivity contribution in [1.82, 2.24) is 67.0 Å². The van der Waals surface area contributed by atoms with E-state index in [1.54, 1.807) is 23.2 Å². The van der Waals surface area contributed by atoms with E-state index in [-0.39, 0.29) is 109 Å². The number of H-pyrrole nitrogens is 1. The Kier molecular flexibility index (Phi) is 35.8. The summed E-state index contributed by atoms with van der Waals surface area (Å²) < 4.78 is 27.6. The molecule has 3 aliphatic rings. The molecule has 0 saturated carbocycles. The van der Waals surface area contributed by atoms with Gasteiger partial charge in [-0.1, -0.05) is 51.0 Å². The number of carboxylic acids is 5. The summed E-state index contributed by atoms with van der Waals surface area (Å²) in [5, 5.41) is 82.7. The van der Waals surface area contributed by atoms with Gasteiger partial charge in [-0.3, -0.25) is 78.2 Å². The summed E-state index contributed by atoms with van der Waals surface area (Å²) in [7, 11) is 6.00. The minimum atomic E-state index is -2.23. The molecule has 3 aliphatic heterocycles. The van der Waals surface area contributed by atoms with Crippen molar-refractivity contribution in [2.75, 3.05) is 82.9 Å². The summed E-state index contributed by atoms with van der Waals surface area (Å²) in [6.07, 6.45) is 0.379. The quantitative estimate of drug-likeness (QED) is 0.00661. The summed E-state index contributed by atoms with van der Waals surface area (Å²) in [5.41, 5.74) is 13.5. The van der Waals surface area contributed by atoms with Crippen molar-refractivity contribution in [2.24, 2.45) is 15.9 Å². The van der Waals surface area contributed by atoms with Crippen LogP contribution >= 0.6 is 21.6 Å². The SMILES string of the molecule is C=C1C[C@H]2C=Nc3cc(OCCCCCOc4cc(NC(=O)OCCSSC(C)(C)[C@H](NC(=O)[C@H](CC(=O)O)NC(=O)[C@H](CC(=O)O)NC(=O)[C@H](CCCNC(=N)N)NC(=O)[C@H](CC(=O)O)NC(=O)CC[C@H](NC(=O)c5ccc(NCc6cnc7nc(N)[nH]c(=O)c7n6)cc5)C(=O)O)C(=O)O)c(C(=O)N5CC(=C)C[C@H]5/C=N/OC)cc4OC)c(OC)cc3C(=O)N2C1. The molecule has 3 aromatic carbocycles. The van der Waals surface area contributed by atoms with E-state index in [0.717, 1.165) is 27.2 Å². The fourth-order valence-corrected chi connectivity index (χ4v) is 15.5. The average molecular weight is 1810 g/mol.